The van der Waals surface area contributed by atoms with Crippen molar-refractivity contribution in [3.63, 3.8) is 0 Å². The highest BCUT2D eigenvalue weighted by Crippen LogP contribution is 2.34. The number of primary amides is 1. The van der Waals surface area contributed by atoms with Crippen LogP contribution in [0.1, 0.15) is 30.0 Å². The molecule has 2 aromatic heterocycles. The third kappa shape index (κ3) is 4.91. The Hall–Kier alpha value is -2.75. The van der Waals surface area contributed by atoms with Crippen molar-refractivity contribution in [2.75, 3.05) is 25.0 Å². The van der Waals surface area contributed by atoms with Crippen LogP contribution in [-0.2, 0) is 11.0 Å². The van der Waals surface area contributed by atoms with Crippen LogP contribution < -0.4 is 11.1 Å². The Morgan fingerprint density at radius 3 is 2.63 bits per heavy atom. The van der Waals surface area contributed by atoms with Gasteiger partial charge < -0.3 is 11.1 Å². The lowest BCUT2D eigenvalue weighted by atomic mass is 9.93. The molecule has 1 aliphatic rings. The number of nitrogens with zero attached hydrogens (tertiary/aromatic N) is 4. The van der Waals surface area contributed by atoms with E-state index in [1.165, 1.54) is 18.5 Å². The maximum Gasteiger partial charge on any atom is 0.419 e. The van der Waals surface area contributed by atoms with Gasteiger partial charge in [0.2, 0.25) is 11.9 Å². The highest BCUT2D eigenvalue weighted by Gasteiger charge is 2.34. The predicted molar refractivity (Wildman–Crippen MR) is 92.2 cm³/mol. The Morgan fingerprint density at radius 2 is 1.96 bits per heavy atom. The summed E-state index contributed by atoms with van der Waals surface area (Å²) in [6, 6.07) is 3.93. The van der Waals surface area contributed by atoms with Gasteiger partial charge in [-0.15, -0.1) is 0 Å². The summed E-state index contributed by atoms with van der Waals surface area (Å²) in [6.07, 6.45) is -0.184. The molecule has 1 aliphatic heterocycles. The second-order valence-corrected chi connectivity index (χ2v) is 6.34. The number of nitrogens with two attached hydrogens (primary N) is 1. The minimum absolute atomic E-state index is 0.0660. The first kappa shape index (κ1) is 19.0. The lowest BCUT2D eigenvalue weighted by Gasteiger charge is -2.30. The quantitative estimate of drug-likeness (QED) is 0.826. The summed E-state index contributed by atoms with van der Waals surface area (Å²) in [7, 11) is 0. The van der Waals surface area contributed by atoms with Gasteiger partial charge in [0.15, 0.2) is 0 Å². The van der Waals surface area contributed by atoms with Crippen LogP contribution in [0, 0.1) is 0 Å². The topological polar surface area (TPSA) is 97.0 Å². The number of hydrogen-bond donors (Lipinski definition) is 2. The summed E-state index contributed by atoms with van der Waals surface area (Å²) in [5, 5.41) is 2.57. The Balaban J connectivity index is 1.71. The van der Waals surface area contributed by atoms with E-state index in [1.807, 2.05) is 4.90 Å². The van der Waals surface area contributed by atoms with Crippen molar-refractivity contribution >= 4 is 17.7 Å². The summed E-state index contributed by atoms with van der Waals surface area (Å²) >= 11 is 0. The molecule has 0 aromatic carbocycles. The number of nitrogens with one attached hydrogen (secondary N) is 1. The van der Waals surface area contributed by atoms with Crippen molar-refractivity contribution in [2.24, 2.45) is 5.73 Å². The van der Waals surface area contributed by atoms with E-state index in [9.17, 15) is 18.0 Å². The van der Waals surface area contributed by atoms with Gasteiger partial charge in [0.25, 0.3) is 0 Å². The molecular formula is C17H19F3N6O. The van der Waals surface area contributed by atoms with E-state index in [1.54, 1.807) is 6.07 Å². The van der Waals surface area contributed by atoms with Gasteiger partial charge in [-0.25, -0.2) is 15.0 Å². The van der Waals surface area contributed by atoms with E-state index in [2.05, 4.69) is 20.3 Å². The van der Waals surface area contributed by atoms with Crippen molar-refractivity contribution in [2.45, 2.75) is 24.9 Å². The Bertz CT molecular complexity index is 805. The van der Waals surface area contributed by atoms with Gasteiger partial charge >= 0.3 is 6.18 Å². The van der Waals surface area contributed by atoms with Crippen molar-refractivity contribution in [3.05, 3.63) is 41.9 Å². The molecule has 1 amide bonds. The van der Waals surface area contributed by atoms with Crippen LogP contribution in [0.3, 0.4) is 0 Å². The van der Waals surface area contributed by atoms with Gasteiger partial charge in [0, 0.05) is 24.0 Å². The molecular weight excluding hydrogens is 361 g/mol. The molecule has 27 heavy (non-hydrogen) atoms. The summed E-state index contributed by atoms with van der Waals surface area (Å²) in [5.41, 5.74) is 5.08. The van der Waals surface area contributed by atoms with Crippen LogP contribution in [0.15, 0.2) is 30.6 Å². The van der Waals surface area contributed by atoms with Crippen molar-refractivity contribution in [3.8, 4) is 0 Å². The molecule has 0 atom stereocenters. The van der Waals surface area contributed by atoms with E-state index in [0.717, 1.165) is 24.6 Å². The first-order chi connectivity index (χ1) is 12.8. The number of carbonyl (C=O) groups excluding carboxylic acids is 1. The molecule has 7 nitrogen and oxygen atoms in total. The number of halogens is 3. The van der Waals surface area contributed by atoms with Crippen LogP contribution >= 0.6 is 0 Å². The zero-order chi connectivity index (χ0) is 19.4. The van der Waals surface area contributed by atoms with E-state index in [-0.39, 0.29) is 30.1 Å². The fraction of sp³-hybridized carbons (Fsp3) is 0.412. The standard InChI is InChI=1S/C17H19F3N6O/c18-17(19,20)12-2-1-6-22-15(12)25-16-23-7-3-13(24-16)11-4-8-26(9-5-11)10-14(21)27/h1-3,6-7,11H,4-5,8-10H2,(H2,21,27)(H,22,23,24,25). The lowest BCUT2D eigenvalue weighted by Crippen LogP contribution is -2.39. The number of rotatable bonds is 5. The second kappa shape index (κ2) is 7.87. The molecule has 1 fully saturated rings. The molecule has 0 radical (unpaired) electrons. The van der Waals surface area contributed by atoms with Crippen LogP contribution in [0.5, 0.6) is 0 Å². The number of anilines is 2. The number of amides is 1. The number of likely N-dealkylation sites (tertiary alicyclic amines) is 1. The predicted octanol–water partition coefficient (Wildman–Crippen LogP) is 2.30. The monoisotopic (exact) mass is 380 g/mol. The van der Waals surface area contributed by atoms with Gasteiger partial charge in [-0.1, -0.05) is 0 Å². The molecule has 0 unspecified atom stereocenters. The third-order valence-corrected chi connectivity index (χ3v) is 4.41. The summed E-state index contributed by atoms with van der Waals surface area (Å²) < 4.78 is 39.3. The maximum atomic E-state index is 13.1. The fourth-order valence-electron chi connectivity index (χ4n) is 3.11. The summed E-state index contributed by atoms with van der Waals surface area (Å²) in [4.78, 5) is 25.1. The van der Waals surface area contributed by atoms with Crippen LogP contribution in [0.2, 0.25) is 0 Å². The fourth-order valence-corrected chi connectivity index (χ4v) is 3.11. The van der Waals surface area contributed by atoms with Crippen molar-refractivity contribution in [1.82, 2.24) is 19.9 Å². The number of carbonyl (C=O) groups is 1. The number of hydrogen-bond acceptors (Lipinski definition) is 6. The lowest BCUT2D eigenvalue weighted by molar-refractivity contribution is -0.137. The first-order valence-corrected chi connectivity index (χ1v) is 8.46. The molecule has 3 N–H and O–H groups in total. The van der Waals surface area contributed by atoms with E-state index >= 15 is 0 Å². The summed E-state index contributed by atoms with van der Waals surface area (Å²) in [5.74, 6) is -0.490. The van der Waals surface area contributed by atoms with Crippen LogP contribution in [-0.4, -0.2) is 45.4 Å². The minimum Gasteiger partial charge on any atom is -0.369 e. The largest absolute Gasteiger partial charge is 0.419 e. The van der Waals surface area contributed by atoms with Gasteiger partial charge in [-0.2, -0.15) is 13.2 Å². The number of piperidine rings is 1. The van der Waals surface area contributed by atoms with E-state index in [0.29, 0.717) is 13.1 Å². The molecule has 1 saturated heterocycles. The molecule has 3 heterocycles. The average molecular weight is 380 g/mol. The SMILES string of the molecule is NC(=O)CN1CCC(c2ccnc(Nc3ncccc3C(F)(F)F)n2)CC1. The number of pyridine rings is 1. The van der Waals surface area contributed by atoms with E-state index < -0.39 is 11.7 Å². The van der Waals surface area contributed by atoms with Crippen molar-refractivity contribution in [1.29, 1.82) is 0 Å². The number of aromatic nitrogens is 3. The zero-order valence-corrected chi connectivity index (χ0v) is 14.4. The Labute approximate surface area is 153 Å². The minimum atomic E-state index is -4.53. The van der Waals surface area contributed by atoms with E-state index in [4.69, 9.17) is 5.73 Å². The van der Waals surface area contributed by atoms with Crippen LogP contribution in [0.4, 0.5) is 24.9 Å². The Morgan fingerprint density at radius 1 is 1.22 bits per heavy atom. The number of alkyl halides is 3. The molecule has 144 valence electrons. The second-order valence-electron chi connectivity index (χ2n) is 6.34. The normalized spacial score (nSPS) is 16.3. The molecule has 10 heteroatoms. The third-order valence-electron chi connectivity index (χ3n) is 4.41. The molecule has 0 bridgehead atoms. The molecule has 2 aromatic rings. The molecule has 0 saturated carbocycles. The Kier molecular flexibility index (Phi) is 5.54. The average Bonchev–Trinajstić information content (AvgIpc) is 2.62. The maximum absolute atomic E-state index is 13.1. The highest BCUT2D eigenvalue weighted by atomic mass is 19.4. The van der Waals surface area contributed by atoms with Crippen LogP contribution in [0.25, 0.3) is 0 Å². The molecule has 3 rings (SSSR count). The van der Waals surface area contributed by atoms with Gasteiger partial charge in [-0.3, -0.25) is 9.69 Å². The molecule has 0 spiro atoms. The highest BCUT2D eigenvalue weighted by molar-refractivity contribution is 5.75. The first-order valence-electron chi connectivity index (χ1n) is 8.46. The molecule has 0 aliphatic carbocycles. The van der Waals surface area contributed by atoms with Crippen molar-refractivity contribution < 1.29 is 18.0 Å². The van der Waals surface area contributed by atoms with Gasteiger partial charge in [0.05, 0.1) is 12.1 Å². The van der Waals surface area contributed by atoms with Gasteiger partial charge in [-0.05, 0) is 44.1 Å². The smallest absolute Gasteiger partial charge is 0.369 e. The van der Waals surface area contributed by atoms with Gasteiger partial charge in [0.1, 0.15) is 5.82 Å². The zero-order valence-electron chi connectivity index (χ0n) is 14.4. The summed E-state index contributed by atoms with van der Waals surface area (Å²) in [6.45, 7) is 1.64.